The first-order valence-electron chi connectivity index (χ1n) is 6.06. The molecule has 1 aromatic rings. The molecule has 2 nitrogen and oxygen atoms in total. The van der Waals surface area contributed by atoms with Crippen molar-refractivity contribution in [2.45, 2.75) is 19.0 Å². The largest absolute Gasteiger partial charge is 0.418 e. The Morgan fingerprint density at radius 3 is 2.80 bits per heavy atom. The van der Waals surface area contributed by atoms with E-state index in [0.29, 0.717) is 35.1 Å². The van der Waals surface area contributed by atoms with Crippen LogP contribution in [-0.4, -0.2) is 5.12 Å². The van der Waals surface area contributed by atoms with E-state index >= 15 is 0 Å². The second kappa shape index (κ2) is 4.70. The summed E-state index contributed by atoms with van der Waals surface area (Å²) in [5, 5.41) is -0.250. The van der Waals surface area contributed by atoms with Crippen LogP contribution >= 0.6 is 11.9 Å². The summed E-state index contributed by atoms with van der Waals surface area (Å²) >= 11 is 0.700. The Hall–Kier alpha value is -1.69. The molecular weight excluding hydrogens is 287 g/mol. The van der Waals surface area contributed by atoms with Crippen LogP contribution < -0.4 is 4.72 Å². The van der Waals surface area contributed by atoms with E-state index in [2.05, 4.69) is 4.72 Å². The molecule has 2 aliphatic rings. The molecule has 104 valence electrons. The van der Waals surface area contributed by atoms with E-state index in [1.165, 1.54) is 6.07 Å². The number of para-hydroxylation sites is 1. The summed E-state index contributed by atoms with van der Waals surface area (Å²) in [6.07, 6.45) is 0.430. The van der Waals surface area contributed by atoms with E-state index in [0.717, 1.165) is 12.5 Å². The van der Waals surface area contributed by atoms with Crippen molar-refractivity contribution in [3.8, 4) is 0 Å². The highest BCUT2D eigenvalue weighted by molar-refractivity contribution is 8.15. The Morgan fingerprint density at radius 1 is 1.25 bits per heavy atom. The van der Waals surface area contributed by atoms with Gasteiger partial charge < -0.3 is 4.72 Å². The van der Waals surface area contributed by atoms with Crippen LogP contribution in [0.5, 0.6) is 0 Å². The third-order valence-electron chi connectivity index (χ3n) is 3.33. The van der Waals surface area contributed by atoms with Gasteiger partial charge in [0.25, 0.3) is 0 Å². The summed E-state index contributed by atoms with van der Waals surface area (Å²) in [4.78, 5) is 12.0. The third kappa shape index (κ3) is 2.14. The third-order valence-corrected chi connectivity index (χ3v) is 4.04. The lowest BCUT2D eigenvalue weighted by Gasteiger charge is -2.18. The van der Waals surface area contributed by atoms with Crippen LogP contribution in [0.25, 0.3) is 5.57 Å². The van der Waals surface area contributed by atoms with Gasteiger partial charge in [-0.3, -0.25) is 4.79 Å². The van der Waals surface area contributed by atoms with E-state index in [1.807, 2.05) is 6.08 Å². The molecule has 1 heterocycles. The van der Waals surface area contributed by atoms with E-state index in [4.69, 9.17) is 0 Å². The van der Waals surface area contributed by atoms with Gasteiger partial charge in [0.15, 0.2) is 0 Å². The first-order chi connectivity index (χ1) is 9.48. The lowest BCUT2D eigenvalue weighted by atomic mass is 9.90. The van der Waals surface area contributed by atoms with Crippen LogP contribution in [0.15, 0.2) is 35.9 Å². The quantitative estimate of drug-likeness (QED) is 0.719. The monoisotopic (exact) mass is 297 g/mol. The normalized spacial score (nSPS) is 18.2. The molecule has 0 radical (unpaired) electrons. The molecule has 3 rings (SSSR count). The van der Waals surface area contributed by atoms with Gasteiger partial charge in [-0.15, -0.1) is 0 Å². The Kier molecular flexibility index (Phi) is 3.12. The fourth-order valence-electron chi connectivity index (χ4n) is 2.44. The lowest BCUT2D eigenvalue weighted by Crippen LogP contribution is -2.09. The molecule has 0 saturated heterocycles. The van der Waals surface area contributed by atoms with E-state index in [9.17, 15) is 18.0 Å². The van der Waals surface area contributed by atoms with Crippen molar-refractivity contribution >= 4 is 28.3 Å². The smallest absolute Gasteiger partial charge is 0.322 e. The zero-order chi connectivity index (χ0) is 14.3. The van der Waals surface area contributed by atoms with Crippen molar-refractivity contribution in [1.82, 2.24) is 0 Å². The van der Waals surface area contributed by atoms with E-state index < -0.39 is 11.7 Å². The predicted octanol–water partition coefficient (Wildman–Crippen LogP) is 4.41. The SMILES string of the molecule is O=C1SNc2c(cccc2C(F)(F)F)C2=C1C=CCC2. The van der Waals surface area contributed by atoms with Crippen molar-refractivity contribution in [2.75, 3.05) is 4.72 Å². The van der Waals surface area contributed by atoms with Gasteiger partial charge in [0, 0.05) is 23.1 Å². The van der Waals surface area contributed by atoms with Gasteiger partial charge in [-0.2, -0.15) is 13.2 Å². The summed E-state index contributed by atoms with van der Waals surface area (Å²) in [5.41, 5.74) is 0.901. The van der Waals surface area contributed by atoms with Gasteiger partial charge in [0.1, 0.15) is 0 Å². The molecule has 0 unspecified atom stereocenters. The molecule has 0 bridgehead atoms. The minimum atomic E-state index is -4.45. The van der Waals surface area contributed by atoms with Crippen molar-refractivity contribution < 1.29 is 18.0 Å². The number of hydrogen-bond acceptors (Lipinski definition) is 3. The molecule has 0 atom stereocenters. The van der Waals surface area contributed by atoms with Crippen molar-refractivity contribution in [1.29, 1.82) is 0 Å². The van der Waals surface area contributed by atoms with Gasteiger partial charge in [-0.1, -0.05) is 24.3 Å². The number of hydrogen-bond donors (Lipinski definition) is 1. The number of allylic oxidation sites excluding steroid dienone is 3. The minimum Gasteiger partial charge on any atom is -0.322 e. The van der Waals surface area contributed by atoms with Gasteiger partial charge in [-0.25, -0.2) is 0 Å². The Morgan fingerprint density at radius 2 is 2.05 bits per heavy atom. The first-order valence-corrected chi connectivity index (χ1v) is 6.87. The molecule has 1 aromatic carbocycles. The van der Waals surface area contributed by atoms with E-state index in [1.54, 1.807) is 12.1 Å². The maximum absolute atomic E-state index is 13.1. The number of benzene rings is 1. The fraction of sp³-hybridized carbons (Fsp3) is 0.214. The number of carbonyl (C=O) groups excluding carboxylic acids is 1. The number of alkyl halides is 3. The number of nitrogens with one attached hydrogen (secondary N) is 1. The van der Waals surface area contributed by atoms with Crippen LogP contribution in [0.3, 0.4) is 0 Å². The molecule has 0 aromatic heterocycles. The lowest BCUT2D eigenvalue weighted by molar-refractivity contribution is -0.136. The molecule has 6 heteroatoms. The maximum atomic E-state index is 13.1. The number of rotatable bonds is 0. The molecular formula is C14H10F3NOS. The molecule has 0 saturated carbocycles. The molecule has 1 N–H and O–H groups in total. The van der Waals surface area contributed by atoms with Crippen molar-refractivity contribution in [3.63, 3.8) is 0 Å². The predicted molar refractivity (Wildman–Crippen MR) is 73.0 cm³/mol. The number of carbonyl (C=O) groups is 1. The Bertz CT molecular complexity index is 646. The molecule has 1 aliphatic carbocycles. The summed E-state index contributed by atoms with van der Waals surface area (Å²) in [5.74, 6) is 0. The van der Waals surface area contributed by atoms with Crippen molar-refractivity contribution in [2.24, 2.45) is 0 Å². The van der Waals surface area contributed by atoms with Crippen LogP contribution in [0.2, 0.25) is 0 Å². The molecule has 0 spiro atoms. The maximum Gasteiger partial charge on any atom is 0.418 e. The number of fused-ring (bicyclic) bond motifs is 2. The van der Waals surface area contributed by atoms with Gasteiger partial charge in [0.2, 0.25) is 5.12 Å². The zero-order valence-corrected chi connectivity index (χ0v) is 11.1. The topological polar surface area (TPSA) is 29.1 Å². The highest BCUT2D eigenvalue weighted by atomic mass is 32.2. The average Bonchev–Trinajstić information content (AvgIpc) is 2.56. The molecule has 20 heavy (non-hydrogen) atoms. The standard InChI is InChI=1S/C14H10F3NOS/c15-14(16,17)11-7-3-6-9-8-4-1-2-5-10(8)13(19)20-18-12(9)11/h2-3,5-7,18H,1,4H2. The van der Waals surface area contributed by atoms with Crippen molar-refractivity contribution in [3.05, 3.63) is 47.1 Å². The molecule has 0 fully saturated rings. The van der Waals surface area contributed by atoms with Crippen LogP contribution in [0, 0.1) is 0 Å². The summed E-state index contributed by atoms with van der Waals surface area (Å²) in [6.45, 7) is 0. The summed E-state index contributed by atoms with van der Waals surface area (Å²) < 4.78 is 41.8. The van der Waals surface area contributed by atoms with E-state index in [-0.39, 0.29) is 10.8 Å². The summed E-state index contributed by atoms with van der Waals surface area (Å²) in [7, 11) is 0. The Labute approximate surface area is 117 Å². The summed E-state index contributed by atoms with van der Waals surface area (Å²) in [6, 6.07) is 4.04. The minimum absolute atomic E-state index is 0.0151. The molecule has 0 amide bonds. The fourth-order valence-corrected chi connectivity index (χ4v) is 3.15. The first kappa shape index (κ1) is 13.3. The van der Waals surface area contributed by atoms with Gasteiger partial charge in [0.05, 0.1) is 11.3 Å². The second-order valence-corrected chi connectivity index (χ2v) is 5.33. The second-order valence-electron chi connectivity index (χ2n) is 4.55. The van der Waals surface area contributed by atoms with Crippen LogP contribution in [0.1, 0.15) is 24.0 Å². The zero-order valence-electron chi connectivity index (χ0n) is 10.3. The number of anilines is 1. The highest BCUT2D eigenvalue weighted by Crippen LogP contribution is 2.44. The number of halogens is 3. The average molecular weight is 297 g/mol. The molecule has 1 aliphatic heterocycles. The van der Waals surface area contributed by atoms with Crippen LogP contribution in [0.4, 0.5) is 18.9 Å². The van der Waals surface area contributed by atoms with Gasteiger partial charge in [-0.05, 0) is 24.5 Å². The Balaban J connectivity index is 2.25. The van der Waals surface area contributed by atoms with Gasteiger partial charge >= 0.3 is 6.18 Å². The highest BCUT2D eigenvalue weighted by Gasteiger charge is 2.36. The van der Waals surface area contributed by atoms with Crippen LogP contribution in [-0.2, 0) is 11.0 Å².